The van der Waals surface area contributed by atoms with E-state index in [4.69, 9.17) is 0 Å². The van der Waals surface area contributed by atoms with Gasteiger partial charge in [0.15, 0.2) is 0 Å². The average Bonchev–Trinajstić information content (AvgIpc) is 2.43. The molecule has 78 valence electrons. The summed E-state index contributed by atoms with van der Waals surface area (Å²) in [4.78, 5) is 21.9. The first-order valence-electron chi connectivity index (χ1n) is 4.34. The van der Waals surface area contributed by atoms with Gasteiger partial charge >= 0.3 is 0 Å². The van der Waals surface area contributed by atoms with Gasteiger partial charge in [0.1, 0.15) is 10.6 Å². The van der Waals surface area contributed by atoms with E-state index in [1.54, 1.807) is 6.07 Å². The zero-order valence-corrected chi connectivity index (χ0v) is 9.12. The topological polar surface area (TPSA) is 46.2 Å². The zero-order chi connectivity index (χ0) is 11.0. The van der Waals surface area contributed by atoms with Crippen molar-refractivity contribution in [3.63, 3.8) is 0 Å². The highest BCUT2D eigenvalue weighted by molar-refractivity contribution is 9.10. The highest BCUT2D eigenvalue weighted by atomic mass is 79.9. The Morgan fingerprint density at radius 2 is 1.87 bits per heavy atom. The van der Waals surface area contributed by atoms with Crippen LogP contribution in [0.5, 0.6) is 0 Å². The lowest BCUT2D eigenvalue weighted by molar-refractivity contribution is -0.125. The fourth-order valence-corrected chi connectivity index (χ4v) is 2.22. The molecule has 3 nitrogen and oxygen atoms in total. The number of carbonyl (C=O) groups excluding carboxylic acids is 2. The number of hydrogen-bond donors (Lipinski definition) is 1. The minimum absolute atomic E-state index is 0.239. The fourth-order valence-electron chi connectivity index (χ4n) is 1.58. The number of alkyl halides is 1. The van der Waals surface area contributed by atoms with Gasteiger partial charge in [-0.15, -0.1) is 0 Å². The van der Waals surface area contributed by atoms with Gasteiger partial charge in [0, 0.05) is 5.56 Å². The smallest absolute Gasteiger partial charge is 0.241 e. The van der Waals surface area contributed by atoms with Crippen molar-refractivity contribution in [3.05, 3.63) is 35.6 Å². The van der Waals surface area contributed by atoms with Gasteiger partial charge in [-0.2, -0.15) is 0 Å². The maximum absolute atomic E-state index is 13.4. The third kappa shape index (κ3) is 1.67. The molecule has 2 atom stereocenters. The molecule has 0 aliphatic carbocycles. The van der Waals surface area contributed by atoms with E-state index >= 15 is 0 Å². The molecular weight excluding hydrogens is 265 g/mol. The summed E-state index contributed by atoms with van der Waals surface area (Å²) in [6.07, 6.45) is 0. The van der Waals surface area contributed by atoms with Gasteiger partial charge in [-0.3, -0.25) is 14.9 Å². The summed E-state index contributed by atoms with van der Waals surface area (Å²) in [5.74, 6) is -2.14. The first kappa shape index (κ1) is 10.3. The van der Waals surface area contributed by atoms with E-state index in [1.807, 2.05) is 0 Å². The molecule has 1 N–H and O–H groups in total. The zero-order valence-electron chi connectivity index (χ0n) is 7.54. The van der Waals surface area contributed by atoms with E-state index in [0.717, 1.165) is 0 Å². The van der Waals surface area contributed by atoms with Crippen LogP contribution < -0.4 is 5.32 Å². The standard InChI is InChI=1S/C10H7BrFNO2/c11-8-7(9(14)13-10(8)15)5-3-1-2-4-6(5)12/h1-4,7-8H,(H,13,14,15). The number of benzene rings is 1. The molecule has 2 amide bonds. The molecule has 1 heterocycles. The van der Waals surface area contributed by atoms with E-state index in [-0.39, 0.29) is 5.56 Å². The summed E-state index contributed by atoms with van der Waals surface area (Å²) in [6, 6.07) is 5.95. The molecule has 1 aromatic carbocycles. The fraction of sp³-hybridized carbons (Fsp3) is 0.200. The van der Waals surface area contributed by atoms with Crippen molar-refractivity contribution in [1.29, 1.82) is 0 Å². The molecule has 0 bridgehead atoms. The summed E-state index contributed by atoms with van der Waals surface area (Å²) >= 11 is 3.08. The second kappa shape index (κ2) is 3.73. The highest BCUT2D eigenvalue weighted by Crippen LogP contribution is 2.31. The second-order valence-corrected chi connectivity index (χ2v) is 4.24. The molecule has 2 rings (SSSR count). The van der Waals surface area contributed by atoms with Gasteiger partial charge in [-0.25, -0.2) is 4.39 Å². The molecule has 15 heavy (non-hydrogen) atoms. The van der Waals surface area contributed by atoms with Crippen molar-refractivity contribution in [2.45, 2.75) is 10.7 Å². The van der Waals surface area contributed by atoms with Gasteiger partial charge in [-0.1, -0.05) is 34.1 Å². The lowest BCUT2D eigenvalue weighted by atomic mass is 9.97. The Balaban J connectivity index is 2.43. The Kier molecular flexibility index (Phi) is 2.56. The Morgan fingerprint density at radius 3 is 2.40 bits per heavy atom. The SMILES string of the molecule is O=C1NC(=O)C(c2ccccc2F)C1Br. The van der Waals surface area contributed by atoms with Gasteiger partial charge in [0.05, 0.1) is 5.92 Å². The lowest BCUT2D eigenvalue weighted by Crippen LogP contribution is -2.22. The van der Waals surface area contributed by atoms with Crippen LogP contribution in [0.2, 0.25) is 0 Å². The largest absolute Gasteiger partial charge is 0.295 e. The summed E-state index contributed by atoms with van der Waals surface area (Å²) in [5, 5.41) is 2.15. The van der Waals surface area contributed by atoms with Gasteiger partial charge < -0.3 is 0 Å². The number of imide groups is 1. The molecule has 1 fully saturated rings. The minimum Gasteiger partial charge on any atom is -0.295 e. The van der Waals surface area contributed by atoms with Gasteiger partial charge in [0.25, 0.3) is 0 Å². The van der Waals surface area contributed by atoms with E-state index in [9.17, 15) is 14.0 Å². The number of halogens is 2. The molecule has 1 saturated heterocycles. The van der Waals surface area contributed by atoms with Crippen molar-refractivity contribution in [1.82, 2.24) is 5.32 Å². The summed E-state index contributed by atoms with van der Waals surface area (Å²) in [6.45, 7) is 0. The van der Waals surface area contributed by atoms with E-state index in [2.05, 4.69) is 21.2 Å². The predicted octanol–water partition coefficient (Wildman–Crippen LogP) is 1.33. The molecule has 1 aliphatic heterocycles. The van der Waals surface area contributed by atoms with Crippen molar-refractivity contribution in [2.24, 2.45) is 0 Å². The van der Waals surface area contributed by atoms with E-state index < -0.39 is 28.4 Å². The quantitative estimate of drug-likeness (QED) is 0.619. The molecule has 0 aromatic heterocycles. The van der Waals surface area contributed by atoms with Crippen LogP contribution in [0, 0.1) is 5.82 Å². The maximum atomic E-state index is 13.4. The number of amides is 2. The van der Waals surface area contributed by atoms with Crippen LogP contribution in [-0.4, -0.2) is 16.6 Å². The molecule has 1 aliphatic rings. The molecule has 2 unspecified atom stereocenters. The predicted molar refractivity (Wildman–Crippen MR) is 55.0 cm³/mol. The van der Waals surface area contributed by atoms with Crippen LogP contribution in [0.4, 0.5) is 4.39 Å². The third-order valence-corrected chi connectivity index (χ3v) is 3.26. The van der Waals surface area contributed by atoms with Crippen LogP contribution in [0.3, 0.4) is 0 Å². The summed E-state index contributed by atoms with van der Waals surface area (Å²) in [5.41, 5.74) is 0.239. The molecule has 0 saturated carbocycles. The van der Waals surface area contributed by atoms with Crippen molar-refractivity contribution in [2.75, 3.05) is 0 Å². The Bertz CT molecular complexity index is 435. The number of hydrogen-bond acceptors (Lipinski definition) is 2. The van der Waals surface area contributed by atoms with Gasteiger partial charge in [0.2, 0.25) is 11.8 Å². The van der Waals surface area contributed by atoms with Crippen molar-refractivity contribution >= 4 is 27.7 Å². The normalized spacial score (nSPS) is 25.5. The minimum atomic E-state index is -0.779. The molecule has 0 radical (unpaired) electrons. The maximum Gasteiger partial charge on any atom is 0.241 e. The van der Waals surface area contributed by atoms with E-state index in [1.165, 1.54) is 18.2 Å². The van der Waals surface area contributed by atoms with E-state index in [0.29, 0.717) is 0 Å². The van der Waals surface area contributed by atoms with Crippen LogP contribution in [0.15, 0.2) is 24.3 Å². The van der Waals surface area contributed by atoms with Crippen molar-refractivity contribution < 1.29 is 14.0 Å². The molecule has 0 spiro atoms. The van der Waals surface area contributed by atoms with Crippen LogP contribution >= 0.6 is 15.9 Å². The molecular formula is C10H7BrFNO2. The number of nitrogens with one attached hydrogen (secondary N) is 1. The van der Waals surface area contributed by atoms with Crippen LogP contribution in [0.25, 0.3) is 0 Å². The van der Waals surface area contributed by atoms with Crippen LogP contribution in [0.1, 0.15) is 11.5 Å². The Labute approximate surface area is 93.8 Å². The number of rotatable bonds is 1. The molecule has 1 aromatic rings. The first-order valence-corrected chi connectivity index (χ1v) is 5.26. The van der Waals surface area contributed by atoms with Crippen LogP contribution in [-0.2, 0) is 9.59 Å². The Hall–Kier alpha value is -1.23. The van der Waals surface area contributed by atoms with Gasteiger partial charge in [-0.05, 0) is 6.07 Å². The lowest BCUT2D eigenvalue weighted by Gasteiger charge is -2.10. The molecule has 5 heteroatoms. The second-order valence-electron chi connectivity index (χ2n) is 3.25. The average molecular weight is 272 g/mol. The third-order valence-electron chi connectivity index (χ3n) is 2.31. The summed E-state index contributed by atoms with van der Waals surface area (Å²) in [7, 11) is 0. The van der Waals surface area contributed by atoms with Crippen molar-refractivity contribution in [3.8, 4) is 0 Å². The summed E-state index contributed by atoms with van der Waals surface area (Å²) < 4.78 is 13.4. The number of carbonyl (C=O) groups is 2. The monoisotopic (exact) mass is 271 g/mol. The first-order chi connectivity index (χ1) is 7.11. The highest BCUT2D eigenvalue weighted by Gasteiger charge is 2.41. The Morgan fingerprint density at radius 1 is 1.20 bits per heavy atom.